The first kappa shape index (κ1) is 17.8. The summed E-state index contributed by atoms with van der Waals surface area (Å²) in [5, 5.41) is 18.5. The zero-order valence-electron chi connectivity index (χ0n) is 14.9. The van der Waals surface area contributed by atoms with Crippen LogP contribution in [0.25, 0.3) is 22.4 Å². The Bertz CT molecular complexity index is 1080. The summed E-state index contributed by atoms with van der Waals surface area (Å²) < 4.78 is 10.7. The van der Waals surface area contributed by atoms with Gasteiger partial charge in [0.1, 0.15) is 28.9 Å². The predicted octanol–water partition coefficient (Wildman–Crippen LogP) is 3.76. The third-order valence-corrected chi connectivity index (χ3v) is 4.17. The van der Waals surface area contributed by atoms with Gasteiger partial charge in [0.05, 0.1) is 31.5 Å². The van der Waals surface area contributed by atoms with Gasteiger partial charge in [-0.2, -0.15) is 10.5 Å². The van der Waals surface area contributed by atoms with E-state index in [9.17, 15) is 5.26 Å². The van der Waals surface area contributed by atoms with Gasteiger partial charge in [0.25, 0.3) is 0 Å². The Morgan fingerprint density at radius 3 is 2.22 bits per heavy atom. The second-order valence-corrected chi connectivity index (χ2v) is 5.68. The highest BCUT2D eigenvalue weighted by molar-refractivity contribution is 5.82. The van der Waals surface area contributed by atoms with Crippen molar-refractivity contribution in [3.05, 3.63) is 59.7 Å². The molecule has 0 spiro atoms. The molecule has 0 atom stereocenters. The Morgan fingerprint density at radius 2 is 1.63 bits per heavy atom. The van der Waals surface area contributed by atoms with E-state index >= 15 is 0 Å². The van der Waals surface area contributed by atoms with Crippen LogP contribution in [0.4, 0.5) is 5.82 Å². The molecule has 6 heteroatoms. The molecule has 2 aromatic carbocycles. The van der Waals surface area contributed by atoms with Gasteiger partial charge in [0.2, 0.25) is 0 Å². The lowest BCUT2D eigenvalue weighted by Gasteiger charge is -2.13. The van der Waals surface area contributed by atoms with E-state index in [1.807, 2.05) is 0 Å². The van der Waals surface area contributed by atoms with Gasteiger partial charge in [0.15, 0.2) is 0 Å². The minimum absolute atomic E-state index is 0.124. The first-order valence-electron chi connectivity index (χ1n) is 8.04. The highest BCUT2D eigenvalue weighted by atomic mass is 16.5. The van der Waals surface area contributed by atoms with Crippen LogP contribution >= 0.6 is 0 Å². The fraction of sp³-hybridized carbons (Fsp3) is 0.0952. The Morgan fingerprint density at radius 1 is 0.889 bits per heavy atom. The van der Waals surface area contributed by atoms with Crippen molar-refractivity contribution < 1.29 is 9.47 Å². The number of nitrogen functional groups attached to an aromatic ring is 1. The van der Waals surface area contributed by atoms with Crippen LogP contribution in [0.2, 0.25) is 0 Å². The van der Waals surface area contributed by atoms with E-state index in [0.717, 1.165) is 5.56 Å². The molecule has 6 nitrogen and oxygen atoms in total. The van der Waals surface area contributed by atoms with Crippen LogP contribution in [0.1, 0.15) is 11.1 Å². The van der Waals surface area contributed by atoms with E-state index in [1.54, 1.807) is 62.8 Å². The van der Waals surface area contributed by atoms with E-state index in [0.29, 0.717) is 33.9 Å². The van der Waals surface area contributed by atoms with E-state index in [4.69, 9.17) is 20.5 Å². The average Bonchev–Trinajstić information content (AvgIpc) is 2.72. The molecular formula is C21H16N4O2. The minimum atomic E-state index is 0.124. The number of aromatic nitrogens is 1. The highest BCUT2D eigenvalue weighted by Gasteiger charge is 2.16. The van der Waals surface area contributed by atoms with Gasteiger partial charge >= 0.3 is 0 Å². The third-order valence-electron chi connectivity index (χ3n) is 4.17. The molecule has 0 aliphatic carbocycles. The number of nitrogens with zero attached hydrogens (tertiary/aromatic N) is 3. The standard InChI is InChI=1S/C21H16N4O2/c1-26-15-7-8-20(27-2)17(9-15)19-10-16(18(12-23)21(24)25-19)14-5-3-13(11-22)4-6-14/h3-10H,1-2H3,(H2,24,25). The number of pyridine rings is 1. The van der Waals surface area contributed by atoms with Crippen LogP contribution in [0.3, 0.4) is 0 Å². The van der Waals surface area contributed by atoms with Crippen molar-refractivity contribution in [2.45, 2.75) is 0 Å². The summed E-state index contributed by atoms with van der Waals surface area (Å²) >= 11 is 0. The van der Waals surface area contributed by atoms with E-state index in [1.165, 1.54) is 0 Å². The van der Waals surface area contributed by atoms with Gasteiger partial charge in [-0.05, 0) is 42.0 Å². The quantitative estimate of drug-likeness (QED) is 0.763. The fourth-order valence-corrected chi connectivity index (χ4v) is 2.79. The lowest BCUT2D eigenvalue weighted by Crippen LogP contribution is -2.01. The van der Waals surface area contributed by atoms with E-state index in [-0.39, 0.29) is 11.4 Å². The van der Waals surface area contributed by atoms with Gasteiger partial charge in [0, 0.05) is 11.1 Å². The van der Waals surface area contributed by atoms with Crippen LogP contribution in [0.5, 0.6) is 11.5 Å². The molecule has 0 unspecified atom stereocenters. The summed E-state index contributed by atoms with van der Waals surface area (Å²) in [4.78, 5) is 4.39. The maximum Gasteiger partial charge on any atom is 0.142 e. The van der Waals surface area contributed by atoms with Gasteiger partial charge in [-0.25, -0.2) is 4.98 Å². The fourth-order valence-electron chi connectivity index (χ4n) is 2.79. The predicted molar refractivity (Wildman–Crippen MR) is 102 cm³/mol. The molecule has 1 heterocycles. The van der Waals surface area contributed by atoms with Crippen molar-refractivity contribution in [2.75, 3.05) is 20.0 Å². The Balaban J connectivity index is 2.24. The molecule has 2 N–H and O–H groups in total. The molecule has 0 amide bonds. The maximum absolute atomic E-state index is 9.54. The molecule has 0 radical (unpaired) electrons. The molecule has 0 saturated heterocycles. The van der Waals surface area contributed by atoms with E-state index < -0.39 is 0 Å². The monoisotopic (exact) mass is 356 g/mol. The molecule has 1 aromatic heterocycles. The van der Waals surface area contributed by atoms with Crippen LogP contribution < -0.4 is 15.2 Å². The zero-order valence-corrected chi connectivity index (χ0v) is 14.9. The average molecular weight is 356 g/mol. The molecule has 0 saturated carbocycles. The SMILES string of the molecule is COc1ccc(OC)c(-c2cc(-c3ccc(C#N)cc3)c(C#N)c(N)n2)c1. The Labute approximate surface area is 157 Å². The van der Waals surface area contributed by atoms with Crippen molar-refractivity contribution in [2.24, 2.45) is 0 Å². The molecule has 3 aromatic rings. The summed E-state index contributed by atoms with van der Waals surface area (Å²) in [5.41, 5.74) is 9.54. The van der Waals surface area contributed by atoms with Crippen molar-refractivity contribution >= 4 is 5.82 Å². The van der Waals surface area contributed by atoms with Gasteiger partial charge in [-0.3, -0.25) is 0 Å². The molecule has 132 valence electrons. The number of rotatable bonds is 4. The normalized spacial score (nSPS) is 9.93. The summed E-state index contributed by atoms with van der Waals surface area (Å²) in [7, 11) is 3.15. The third kappa shape index (κ3) is 3.37. The highest BCUT2D eigenvalue weighted by Crippen LogP contribution is 2.36. The zero-order chi connectivity index (χ0) is 19.4. The molecule has 27 heavy (non-hydrogen) atoms. The first-order chi connectivity index (χ1) is 13.1. The van der Waals surface area contributed by atoms with Crippen LogP contribution in [-0.2, 0) is 0 Å². The van der Waals surface area contributed by atoms with Crippen molar-refractivity contribution in [3.63, 3.8) is 0 Å². The van der Waals surface area contributed by atoms with Gasteiger partial charge in [-0.1, -0.05) is 12.1 Å². The molecule has 0 aliphatic heterocycles. The number of hydrogen-bond donors (Lipinski definition) is 1. The number of anilines is 1. The van der Waals surface area contributed by atoms with Gasteiger partial charge in [-0.15, -0.1) is 0 Å². The summed E-state index contributed by atoms with van der Waals surface area (Å²) in [6.45, 7) is 0. The van der Waals surface area contributed by atoms with Crippen molar-refractivity contribution in [3.8, 4) is 46.0 Å². The van der Waals surface area contributed by atoms with Crippen molar-refractivity contribution in [1.29, 1.82) is 10.5 Å². The topological polar surface area (TPSA) is 105 Å². The largest absolute Gasteiger partial charge is 0.497 e. The minimum Gasteiger partial charge on any atom is -0.497 e. The number of ether oxygens (including phenoxy) is 2. The lowest BCUT2D eigenvalue weighted by atomic mass is 9.97. The summed E-state index contributed by atoms with van der Waals surface area (Å²) in [6.07, 6.45) is 0. The second kappa shape index (κ2) is 7.47. The maximum atomic E-state index is 9.54. The summed E-state index contributed by atoms with van der Waals surface area (Å²) in [5.74, 6) is 1.38. The second-order valence-electron chi connectivity index (χ2n) is 5.68. The smallest absolute Gasteiger partial charge is 0.142 e. The van der Waals surface area contributed by atoms with Crippen LogP contribution in [-0.4, -0.2) is 19.2 Å². The molecule has 0 fully saturated rings. The number of hydrogen-bond acceptors (Lipinski definition) is 6. The summed E-state index contributed by atoms with van der Waals surface area (Å²) in [6, 6.07) is 18.3. The Kier molecular flexibility index (Phi) is 4.92. The lowest BCUT2D eigenvalue weighted by molar-refractivity contribution is 0.404. The van der Waals surface area contributed by atoms with Crippen LogP contribution in [0.15, 0.2) is 48.5 Å². The number of nitriles is 2. The molecule has 0 aliphatic rings. The number of benzene rings is 2. The molecule has 3 rings (SSSR count). The first-order valence-corrected chi connectivity index (χ1v) is 8.04. The van der Waals surface area contributed by atoms with Gasteiger partial charge < -0.3 is 15.2 Å². The van der Waals surface area contributed by atoms with Crippen molar-refractivity contribution in [1.82, 2.24) is 4.98 Å². The molecule has 0 bridgehead atoms. The molecular weight excluding hydrogens is 340 g/mol. The number of methoxy groups -OCH3 is 2. The van der Waals surface area contributed by atoms with Crippen LogP contribution in [0, 0.1) is 22.7 Å². The van der Waals surface area contributed by atoms with E-state index in [2.05, 4.69) is 17.1 Å². The Hall–Kier alpha value is -4.03. The number of nitrogens with two attached hydrogens (primary N) is 1.